The molecule has 0 aliphatic rings. The maximum absolute atomic E-state index is 12.9. The average Bonchev–Trinajstić information content (AvgIpc) is 2.46. The predicted octanol–water partition coefficient (Wildman–Crippen LogP) is 3.95. The SMILES string of the molecule is O=[N+]([O-])c1cccc2nc(-c3ccc(F)cc3)ccc12. The first-order valence-electron chi connectivity index (χ1n) is 5.95. The molecule has 1 aromatic heterocycles. The van der Waals surface area contributed by atoms with Crippen molar-refractivity contribution >= 4 is 16.6 Å². The maximum Gasteiger partial charge on any atom is 0.278 e. The van der Waals surface area contributed by atoms with Crippen molar-refractivity contribution < 1.29 is 9.31 Å². The Labute approximate surface area is 113 Å². The molecule has 0 atom stereocenters. The number of nitro benzene ring substituents is 1. The van der Waals surface area contributed by atoms with Crippen LogP contribution in [-0.2, 0) is 0 Å². The van der Waals surface area contributed by atoms with Gasteiger partial charge in [0.1, 0.15) is 5.82 Å². The van der Waals surface area contributed by atoms with Crippen LogP contribution in [0.2, 0.25) is 0 Å². The van der Waals surface area contributed by atoms with Crippen LogP contribution in [0.5, 0.6) is 0 Å². The molecule has 0 saturated carbocycles. The smallest absolute Gasteiger partial charge is 0.258 e. The Hall–Kier alpha value is -2.82. The van der Waals surface area contributed by atoms with Gasteiger partial charge in [-0.15, -0.1) is 0 Å². The molecule has 1 heterocycles. The van der Waals surface area contributed by atoms with Gasteiger partial charge in [-0.1, -0.05) is 6.07 Å². The molecule has 2 aromatic carbocycles. The van der Waals surface area contributed by atoms with Gasteiger partial charge < -0.3 is 0 Å². The van der Waals surface area contributed by atoms with Gasteiger partial charge in [-0.2, -0.15) is 0 Å². The highest BCUT2D eigenvalue weighted by Gasteiger charge is 2.12. The number of nitro groups is 1. The van der Waals surface area contributed by atoms with Gasteiger partial charge in [0, 0.05) is 11.6 Å². The lowest BCUT2D eigenvalue weighted by Gasteiger charge is -2.03. The Morgan fingerprint density at radius 3 is 2.45 bits per heavy atom. The fraction of sp³-hybridized carbons (Fsp3) is 0. The molecule has 0 bridgehead atoms. The van der Waals surface area contributed by atoms with Gasteiger partial charge in [-0.3, -0.25) is 10.1 Å². The number of halogens is 1. The van der Waals surface area contributed by atoms with Crippen molar-refractivity contribution in [1.29, 1.82) is 0 Å². The maximum atomic E-state index is 12.9. The minimum absolute atomic E-state index is 0.0284. The molecule has 4 nitrogen and oxygen atoms in total. The van der Waals surface area contributed by atoms with Crippen molar-refractivity contribution in [2.24, 2.45) is 0 Å². The summed E-state index contributed by atoms with van der Waals surface area (Å²) in [6, 6.07) is 14.1. The number of nitrogens with zero attached hydrogens (tertiary/aromatic N) is 2. The van der Waals surface area contributed by atoms with Crippen LogP contribution in [0.1, 0.15) is 0 Å². The number of fused-ring (bicyclic) bond motifs is 1. The Bertz CT molecular complexity index is 801. The van der Waals surface area contributed by atoms with E-state index in [0.29, 0.717) is 16.6 Å². The van der Waals surface area contributed by atoms with E-state index < -0.39 is 4.92 Å². The van der Waals surface area contributed by atoms with E-state index in [1.165, 1.54) is 18.2 Å². The van der Waals surface area contributed by atoms with E-state index in [1.807, 2.05) is 0 Å². The molecule has 0 aliphatic carbocycles. The molecule has 5 heteroatoms. The summed E-state index contributed by atoms with van der Waals surface area (Å²) in [4.78, 5) is 14.9. The normalized spacial score (nSPS) is 10.7. The van der Waals surface area contributed by atoms with Crippen molar-refractivity contribution in [3.8, 4) is 11.3 Å². The van der Waals surface area contributed by atoms with Gasteiger partial charge in [0.2, 0.25) is 0 Å². The predicted molar refractivity (Wildman–Crippen MR) is 73.8 cm³/mol. The number of aromatic nitrogens is 1. The van der Waals surface area contributed by atoms with Crippen molar-refractivity contribution in [1.82, 2.24) is 4.98 Å². The van der Waals surface area contributed by atoms with Crippen LogP contribution < -0.4 is 0 Å². The zero-order chi connectivity index (χ0) is 14.1. The Morgan fingerprint density at radius 1 is 1.00 bits per heavy atom. The highest BCUT2D eigenvalue weighted by molar-refractivity contribution is 5.89. The van der Waals surface area contributed by atoms with E-state index in [4.69, 9.17) is 0 Å². The summed E-state index contributed by atoms with van der Waals surface area (Å²) >= 11 is 0. The van der Waals surface area contributed by atoms with Crippen LogP contribution in [0.3, 0.4) is 0 Å². The molecule has 98 valence electrons. The lowest BCUT2D eigenvalue weighted by Crippen LogP contribution is -1.91. The zero-order valence-electron chi connectivity index (χ0n) is 10.3. The number of non-ortho nitro benzene ring substituents is 1. The summed E-state index contributed by atoms with van der Waals surface area (Å²) in [6.45, 7) is 0. The summed E-state index contributed by atoms with van der Waals surface area (Å²) in [5.74, 6) is -0.315. The second-order valence-electron chi connectivity index (χ2n) is 4.30. The van der Waals surface area contributed by atoms with E-state index in [2.05, 4.69) is 4.98 Å². The van der Waals surface area contributed by atoms with E-state index in [0.717, 1.165) is 5.56 Å². The molecule has 0 spiro atoms. The van der Waals surface area contributed by atoms with E-state index >= 15 is 0 Å². The Morgan fingerprint density at radius 2 is 1.75 bits per heavy atom. The number of rotatable bonds is 2. The minimum atomic E-state index is -0.429. The molecule has 0 aliphatic heterocycles. The third kappa shape index (κ3) is 2.09. The van der Waals surface area contributed by atoms with E-state index in [-0.39, 0.29) is 11.5 Å². The Balaban J connectivity index is 2.16. The monoisotopic (exact) mass is 268 g/mol. The highest BCUT2D eigenvalue weighted by Crippen LogP contribution is 2.27. The molecule has 0 saturated heterocycles. The van der Waals surface area contributed by atoms with Crippen molar-refractivity contribution in [3.63, 3.8) is 0 Å². The fourth-order valence-corrected chi connectivity index (χ4v) is 2.08. The van der Waals surface area contributed by atoms with Crippen LogP contribution in [0.25, 0.3) is 22.2 Å². The van der Waals surface area contributed by atoms with Crippen molar-refractivity contribution in [2.45, 2.75) is 0 Å². The van der Waals surface area contributed by atoms with Crippen LogP contribution >= 0.6 is 0 Å². The first-order chi connectivity index (χ1) is 9.65. The van der Waals surface area contributed by atoms with Gasteiger partial charge >= 0.3 is 0 Å². The second kappa shape index (κ2) is 4.70. The third-order valence-corrected chi connectivity index (χ3v) is 3.05. The minimum Gasteiger partial charge on any atom is -0.258 e. The van der Waals surface area contributed by atoms with Crippen LogP contribution in [0.15, 0.2) is 54.6 Å². The molecular weight excluding hydrogens is 259 g/mol. The summed E-state index contributed by atoms with van der Waals surface area (Å²) in [6.07, 6.45) is 0. The standard InChI is InChI=1S/C15H9FN2O2/c16-11-6-4-10(5-7-11)13-9-8-12-14(17-13)2-1-3-15(12)18(19)20/h1-9H. The Kier molecular flexibility index (Phi) is 2.87. The van der Waals surface area contributed by atoms with Gasteiger partial charge in [-0.05, 0) is 42.5 Å². The lowest BCUT2D eigenvalue weighted by atomic mass is 10.1. The van der Waals surface area contributed by atoms with Crippen LogP contribution in [0, 0.1) is 15.9 Å². The molecule has 0 N–H and O–H groups in total. The zero-order valence-corrected chi connectivity index (χ0v) is 10.3. The molecule has 0 unspecified atom stereocenters. The van der Waals surface area contributed by atoms with Crippen molar-refractivity contribution in [2.75, 3.05) is 0 Å². The molecular formula is C15H9FN2O2. The summed E-state index contributed by atoms with van der Waals surface area (Å²) < 4.78 is 12.9. The van der Waals surface area contributed by atoms with Gasteiger partial charge in [0.15, 0.2) is 0 Å². The number of pyridine rings is 1. The molecule has 0 fully saturated rings. The van der Waals surface area contributed by atoms with Crippen LogP contribution in [0.4, 0.5) is 10.1 Å². The number of hydrogen-bond donors (Lipinski definition) is 0. The summed E-state index contributed by atoms with van der Waals surface area (Å²) in [7, 11) is 0. The lowest BCUT2D eigenvalue weighted by molar-refractivity contribution is -0.383. The molecule has 20 heavy (non-hydrogen) atoms. The van der Waals surface area contributed by atoms with Crippen molar-refractivity contribution in [3.05, 3.63) is 70.5 Å². The molecule has 0 radical (unpaired) electrons. The fourth-order valence-electron chi connectivity index (χ4n) is 2.08. The van der Waals surface area contributed by atoms with Gasteiger partial charge in [0.25, 0.3) is 5.69 Å². The first kappa shape index (κ1) is 12.2. The topological polar surface area (TPSA) is 56.0 Å². The van der Waals surface area contributed by atoms with E-state index in [1.54, 1.807) is 36.4 Å². The second-order valence-corrected chi connectivity index (χ2v) is 4.30. The largest absolute Gasteiger partial charge is 0.278 e. The molecule has 3 aromatic rings. The summed E-state index contributed by atoms with van der Waals surface area (Å²) in [5, 5.41) is 11.4. The summed E-state index contributed by atoms with van der Waals surface area (Å²) in [5.41, 5.74) is 1.99. The molecule has 0 amide bonds. The van der Waals surface area contributed by atoms with Crippen LogP contribution in [-0.4, -0.2) is 9.91 Å². The third-order valence-electron chi connectivity index (χ3n) is 3.05. The molecule has 3 rings (SSSR count). The quantitative estimate of drug-likeness (QED) is 0.522. The highest BCUT2D eigenvalue weighted by atomic mass is 19.1. The number of hydrogen-bond acceptors (Lipinski definition) is 3. The van der Waals surface area contributed by atoms with E-state index in [9.17, 15) is 14.5 Å². The van der Waals surface area contributed by atoms with Gasteiger partial charge in [0.05, 0.1) is 21.5 Å². The van der Waals surface area contributed by atoms with Gasteiger partial charge in [-0.25, -0.2) is 9.37 Å². The number of benzene rings is 2. The first-order valence-corrected chi connectivity index (χ1v) is 5.95. The average molecular weight is 268 g/mol.